The monoisotopic (exact) mass is 251 g/mol. The summed E-state index contributed by atoms with van der Waals surface area (Å²) in [6.07, 6.45) is 3.59. The lowest BCUT2D eigenvalue weighted by atomic mass is 9.87. The second-order valence-corrected chi connectivity index (χ2v) is 5.26. The minimum atomic E-state index is 0.442. The zero-order valence-electron chi connectivity index (χ0n) is 12.9. The predicted octanol–water partition coefficient (Wildman–Crippen LogP) is 4.68. The summed E-state index contributed by atoms with van der Waals surface area (Å²) in [4.78, 5) is 0. The second kappa shape index (κ2) is 6.98. The first kappa shape index (κ1) is 15.3. The minimum absolute atomic E-state index is 0.442. The van der Waals surface area contributed by atoms with Crippen LogP contribution in [0.4, 0.5) is 0 Å². The Morgan fingerprint density at radius 1 is 1.00 bits per heavy atom. The first-order chi connectivity index (χ1) is 8.56. The summed E-state index contributed by atoms with van der Waals surface area (Å²) in [5, 5.41) is 3.72. The molecule has 0 aliphatic heterocycles. The molecule has 0 fully saturated rings. The number of rotatable bonds is 7. The van der Waals surface area contributed by atoms with Gasteiger partial charge in [-0.25, -0.2) is 0 Å². The molecule has 2 heteroatoms. The number of nitrogens with one attached hydrogen (secondary N) is 1. The van der Waals surface area contributed by atoms with E-state index in [9.17, 15) is 0 Å². The lowest BCUT2D eigenvalue weighted by Gasteiger charge is -2.27. The highest BCUT2D eigenvalue weighted by molar-refractivity contribution is 5.34. The fourth-order valence-electron chi connectivity index (χ4n) is 2.83. The van der Waals surface area contributed by atoms with Gasteiger partial charge in [-0.1, -0.05) is 33.6 Å². The van der Waals surface area contributed by atoms with E-state index in [-0.39, 0.29) is 0 Å². The van der Waals surface area contributed by atoms with Crippen molar-refractivity contribution in [3.63, 3.8) is 0 Å². The average molecular weight is 251 g/mol. The summed E-state index contributed by atoms with van der Waals surface area (Å²) in [5.41, 5.74) is 2.72. The van der Waals surface area contributed by atoms with Gasteiger partial charge in [0, 0.05) is 11.6 Å². The van der Waals surface area contributed by atoms with Crippen LogP contribution >= 0.6 is 0 Å². The summed E-state index contributed by atoms with van der Waals surface area (Å²) in [5.74, 6) is 2.84. The van der Waals surface area contributed by atoms with Crippen molar-refractivity contribution in [3.8, 4) is 0 Å². The molecular formula is C16H29NO. The van der Waals surface area contributed by atoms with Crippen LogP contribution in [-0.2, 0) is 0 Å². The van der Waals surface area contributed by atoms with Crippen molar-refractivity contribution >= 4 is 0 Å². The zero-order chi connectivity index (χ0) is 13.7. The molecule has 0 aliphatic carbocycles. The van der Waals surface area contributed by atoms with Crippen molar-refractivity contribution < 1.29 is 4.42 Å². The summed E-state index contributed by atoms with van der Waals surface area (Å²) < 4.78 is 5.81. The van der Waals surface area contributed by atoms with E-state index in [4.69, 9.17) is 4.42 Å². The fraction of sp³-hybridized carbons (Fsp3) is 0.750. The van der Waals surface area contributed by atoms with Crippen LogP contribution in [0.15, 0.2) is 4.42 Å². The highest BCUT2D eigenvalue weighted by Gasteiger charge is 2.26. The number of aryl methyl sites for hydroxylation is 2. The summed E-state index contributed by atoms with van der Waals surface area (Å²) in [6.45, 7) is 14.2. The summed E-state index contributed by atoms with van der Waals surface area (Å²) in [7, 11) is 0. The van der Waals surface area contributed by atoms with Crippen LogP contribution in [0.25, 0.3) is 0 Å². The van der Waals surface area contributed by atoms with Crippen LogP contribution in [0.2, 0.25) is 0 Å². The Morgan fingerprint density at radius 3 is 2.00 bits per heavy atom. The van der Waals surface area contributed by atoms with E-state index < -0.39 is 0 Å². The van der Waals surface area contributed by atoms with Gasteiger partial charge in [0.2, 0.25) is 0 Å². The standard InChI is InChI=1S/C16H29NO/c1-7-10-17-16(14(8-2)9-3)15-11(4)12(5)18-13(15)6/h14,16-17H,7-10H2,1-6H3. The molecule has 0 aromatic carbocycles. The van der Waals surface area contributed by atoms with Gasteiger partial charge < -0.3 is 9.73 Å². The maximum absolute atomic E-state index is 5.81. The van der Waals surface area contributed by atoms with Crippen molar-refractivity contribution in [1.29, 1.82) is 0 Å². The Kier molecular flexibility index (Phi) is 5.94. The molecule has 0 bridgehead atoms. The van der Waals surface area contributed by atoms with E-state index >= 15 is 0 Å². The van der Waals surface area contributed by atoms with Crippen LogP contribution < -0.4 is 5.32 Å². The number of hydrogen-bond acceptors (Lipinski definition) is 2. The Labute approximate surface area is 112 Å². The molecule has 1 aromatic heterocycles. The lowest BCUT2D eigenvalue weighted by molar-refractivity contribution is 0.336. The van der Waals surface area contributed by atoms with Crippen molar-refractivity contribution in [2.45, 2.75) is 66.8 Å². The number of furan rings is 1. The molecule has 1 heterocycles. The average Bonchev–Trinajstić information content (AvgIpc) is 2.60. The molecule has 0 saturated carbocycles. The first-order valence-electron chi connectivity index (χ1n) is 7.36. The van der Waals surface area contributed by atoms with E-state index in [1.54, 1.807) is 0 Å². The predicted molar refractivity (Wildman–Crippen MR) is 78.0 cm³/mol. The van der Waals surface area contributed by atoms with Gasteiger partial charge in [0.1, 0.15) is 11.5 Å². The van der Waals surface area contributed by atoms with Gasteiger partial charge in [0.25, 0.3) is 0 Å². The molecule has 18 heavy (non-hydrogen) atoms. The molecule has 1 N–H and O–H groups in total. The van der Waals surface area contributed by atoms with Gasteiger partial charge >= 0.3 is 0 Å². The van der Waals surface area contributed by atoms with Gasteiger partial charge in [-0.2, -0.15) is 0 Å². The van der Waals surface area contributed by atoms with Crippen molar-refractivity contribution in [2.24, 2.45) is 5.92 Å². The molecule has 0 saturated heterocycles. The maximum Gasteiger partial charge on any atom is 0.106 e. The van der Waals surface area contributed by atoms with Gasteiger partial charge in [0.15, 0.2) is 0 Å². The van der Waals surface area contributed by atoms with Gasteiger partial charge in [-0.05, 0) is 45.2 Å². The van der Waals surface area contributed by atoms with Crippen LogP contribution in [0.1, 0.15) is 68.7 Å². The highest BCUT2D eigenvalue weighted by Crippen LogP contribution is 2.34. The lowest BCUT2D eigenvalue weighted by Crippen LogP contribution is -2.29. The Bertz CT molecular complexity index is 363. The molecular weight excluding hydrogens is 222 g/mol. The third-order valence-corrected chi connectivity index (χ3v) is 4.06. The van der Waals surface area contributed by atoms with Crippen LogP contribution in [-0.4, -0.2) is 6.54 Å². The molecule has 0 amide bonds. The minimum Gasteiger partial charge on any atom is -0.466 e. The summed E-state index contributed by atoms with van der Waals surface area (Å²) in [6, 6.07) is 0.442. The third-order valence-electron chi connectivity index (χ3n) is 4.06. The number of hydrogen-bond donors (Lipinski definition) is 1. The second-order valence-electron chi connectivity index (χ2n) is 5.26. The highest BCUT2D eigenvalue weighted by atomic mass is 16.3. The third kappa shape index (κ3) is 3.17. The van der Waals surface area contributed by atoms with Crippen LogP contribution in [0.5, 0.6) is 0 Å². The molecule has 1 unspecified atom stereocenters. The Hall–Kier alpha value is -0.760. The molecule has 104 valence electrons. The van der Waals surface area contributed by atoms with E-state index in [1.807, 2.05) is 0 Å². The van der Waals surface area contributed by atoms with E-state index in [1.165, 1.54) is 30.4 Å². The molecule has 0 radical (unpaired) electrons. The van der Waals surface area contributed by atoms with Gasteiger partial charge in [0.05, 0.1) is 0 Å². The largest absolute Gasteiger partial charge is 0.466 e. The SMILES string of the molecule is CCCNC(c1c(C)oc(C)c1C)C(CC)CC. The molecule has 1 aromatic rings. The molecule has 1 rings (SSSR count). The van der Waals surface area contributed by atoms with Crippen LogP contribution in [0.3, 0.4) is 0 Å². The molecule has 0 aliphatic rings. The molecule has 2 nitrogen and oxygen atoms in total. The van der Waals surface area contributed by atoms with E-state index in [2.05, 4.69) is 46.9 Å². The smallest absolute Gasteiger partial charge is 0.106 e. The topological polar surface area (TPSA) is 25.2 Å². The molecule has 0 spiro atoms. The first-order valence-corrected chi connectivity index (χ1v) is 7.36. The Balaban J connectivity index is 3.07. The molecule has 1 atom stereocenters. The fourth-order valence-corrected chi connectivity index (χ4v) is 2.83. The quantitative estimate of drug-likeness (QED) is 0.761. The van der Waals surface area contributed by atoms with Crippen LogP contribution in [0, 0.1) is 26.7 Å². The normalized spacial score (nSPS) is 13.3. The zero-order valence-corrected chi connectivity index (χ0v) is 12.9. The Morgan fingerprint density at radius 2 is 1.61 bits per heavy atom. The van der Waals surface area contributed by atoms with E-state index in [0.29, 0.717) is 12.0 Å². The van der Waals surface area contributed by atoms with Crippen molar-refractivity contribution in [1.82, 2.24) is 5.32 Å². The summed E-state index contributed by atoms with van der Waals surface area (Å²) >= 11 is 0. The van der Waals surface area contributed by atoms with E-state index in [0.717, 1.165) is 18.1 Å². The maximum atomic E-state index is 5.81. The van der Waals surface area contributed by atoms with Crippen molar-refractivity contribution in [2.75, 3.05) is 6.54 Å². The van der Waals surface area contributed by atoms with Crippen molar-refractivity contribution in [3.05, 3.63) is 22.6 Å². The van der Waals surface area contributed by atoms with Gasteiger partial charge in [-0.15, -0.1) is 0 Å². The van der Waals surface area contributed by atoms with Gasteiger partial charge in [-0.3, -0.25) is 0 Å².